The summed E-state index contributed by atoms with van der Waals surface area (Å²) in [4.78, 5) is 22.7. The standard InChI is InChI=1S/C19H17FN4O/c1-2-24(15-8-4-3-5-9-15)19-21-12-14(13-22-19)18(25)23-17-11-7-6-10-16(17)20/h3-13H,2H2,1H3,(H,23,25). The van der Waals surface area contributed by atoms with Gasteiger partial charge in [-0.1, -0.05) is 30.3 Å². The zero-order valence-electron chi connectivity index (χ0n) is 13.7. The summed E-state index contributed by atoms with van der Waals surface area (Å²) in [7, 11) is 0. The van der Waals surface area contributed by atoms with Crippen LogP contribution in [0.15, 0.2) is 67.0 Å². The lowest BCUT2D eigenvalue weighted by molar-refractivity contribution is 0.102. The van der Waals surface area contributed by atoms with E-state index in [1.807, 2.05) is 42.2 Å². The van der Waals surface area contributed by atoms with Crippen molar-refractivity contribution < 1.29 is 9.18 Å². The van der Waals surface area contributed by atoms with E-state index < -0.39 is 11.7 Å². The second-order valence-corrected chi connectivity index (χ2v) is 5.29. The van der Waals surface area contributed by atoms with Crippen LogP contribution in [0, 0.1) is 5.82 Å². The Morgan fingerprint density at radius 3 is 2.32 bits per heavy atom. The highest BCUT2D eigenvalue weighted by Gasteiger charge is 2.13. The third kappa shape index (κ3) is 3.80. The van der Waals surface area contributed by atoms with Crippen molar-refractivity contribution in [3.8, 4) is 0 Å². The second-order valence-electron chi connectivity index (χ2n) is 5.29. The van der Waals surface area contributed by atoms with Crippen LogP contribution in [0.1, 0.15) is 17.3 Å². The molecule has 0 atom stereocenters. The van der Waals surface area contributed by atoms with Gasteiger partial charge < -0.3 is 10.2 Å². The van der Waals surface area contributed by atoms with Crippen molar-refractivity contribution in [2.75, 3.05) is 16.8 Å². The average molecular weight is 336 g/mol. The molecule has 0 saturated heterocycles. The molecule has 0 saturated carbocycles. The minimum atomic E-state index is -0.491. The fraction of sp³-hybridized carbons (Fsp3) is 0.105. The first-order chi connectivity index (χ1) is 12.2. The van der Waals surface area contributed by atoms with E-state index in [-0.39, 0.29) is 11.3 Å². The number of aromatic nitrogens is 2. The van der Waals surface area contributed by atoms with Crippen molar-refractivity contribution in [2.45, 2.75) is 6.92 Å². The molecule has 1 heterocycles. The highest BCUT2D eigenvalue weighted by atomic mass is 19.1. The molecule has 0 radical (unpaired) electrons. The Morgan fingerprint density at radius 1 is 1.04 bits per heavy atom. The molecule has 3 rings (SSSR count). The van der Waals surface area contributed by atoms with Gasteiger partial charge in [-0.3, -0.25) is 4.79 Å². The normalized spacial score (nSPS) is 10.3. The zero-order chi connectivity index (χ0) is 17.6. The lowest BCUT2D eigenvalue weighted by Gasteiger charge is -2.20. The van der Waals surface area contributed by atoms with Gasteiger partial charge in [0.15, 0.2) is 0 Å². The van der Waals surface area contributed by atoms with E-state index in [2.05, 4.69) is 15.3 Å². The molecule has 5 nitrogen and oxygen atoms in total. The lowest BCUT2D eigenvalue weighted by Crippen LogP contribution is -2.20. The summed E-state index contributed by atoms with van der Waals surface area (Å²) < 4.78 is 13.6. The van der Waals surface area contributed by atoms with Crippen molar-refractivity contribution in [2.24, 2.45) is 0 Å². The molecule has 6 heteroatoms. The van der Waals surface area contributed by atoms with Crippen LogP contribution >= 0.6 is 0 Å². The molecule has 0 aliphatic rings. The minimum absolute atomic E-state index is 0.121. The maximum atomic E-state index is 13.6. The molecule has 2 aromatic carbocycles. The maximum absolute atomic E-state index is 13.6. The van der Waals surface area contributed by atoms with Gasteiger partial charge in [-0.25, -0.2) is 14.4 Å². The van der Waals surface area contributed by atoms with Crippen LogP contribution in [-0.2, 0) is 0 Å². The van der Waals surface area contributed by atoms with Crippen LogP contribution in [0.4, 0.5) is 21.7 Å². The average Bonchev–Trinajstić information content (AvgIpc) is 2.66. The molecular weight excluding hydrogens is 319 g/mol. The maximum Gasteiger partial charge on any atom is 0.258 e. The highest BCUT2D eigenvalue weighted by molar-refractivity contribution is 6.03. The summed E-state index contributed by atoms with van der Waals surface area (Å²) in [6, 6.07) is 15.7. The van der Waals surface area contributed by atoms with E-state index in [0.717, 1.165) is 5.69 Å². The number of rotatable bonds is 5. The van der Waals surface area contributed by atoms with E-state index in [9.17, 15) is 9.18 Å². The van der Waals surface area contributed by atoms with E-state index >= 15 is 0 Å². The summed E-state index contributed by atoms with van der Waals surface area (Å²) in [6.07, 6.45) is 2.87. The summed E-state index contributed by atoms with van der Waals surface area (Å²) in [6.45, 7) is 2.68. The van der Waals surface area contributed by atoms with Crippen LogP contribution < -0.4 is 10.2 Å². The summed E-state index contributed by atoms with van der Waals surface area (Å²) in [5.41, 5.74) is 1.35. The molecule has 0 spiro atoms. The van der Waals surface area contributed by atoms with Gasteiger partial charge in [0.1, 0.15) is 5.82 Å². The van der Waals surface area contributed by atoms with E-state index in [1.165, 1.54) is 24.5 Å². The Bertz CT molecular complexity index is 853. The second kappa shape index (κ2) is 7.53. The van der Waals surface area contributed by atoms with Crippen molar-refractivity contribution in [1.82, 2.24) is 9.97 Å². The van der Waals surface area contributed by atoms with Crippen LogP contribution in [0.2, 0.25) is 0 Å². The van der Waals surface area contributed by atoms with Crippen LogP contribution in [0.3, 0.4) is 0 Å². The first kappa shape index (κ1) is 16.6. The van der Waals surface area contributed by atoms with E-state index in [4.69, 9.17) is 0 Å². The van der Waals surface area contributed by atoms with Gasteiger partial charge >= 0.3 is 0 Å². The van der Waals surface area contributed by atoms with Gasteiger partial charge in [0.05, 0.1) is 11.3 Å². The Morgan fingerprint density at radius 2 is 1.68 bits per heavy atom. The topological polar surface area (TPSA) is 58.1 Å². The van der Waals surface area contributed by atoms with Crippen LogP contribution in [0.25, 0.3) is 0 Å². The SMILES string of the molecule is CCN(c1ccccc1)c1ncc(C(=O)Nc2ccccc2F)cn1. The van der Waals surface area contributed by atoms with E-state index in [0.29, 0.717) is 12.5 Å². The molecule has 3 aromatic rings. The summed E-state index contributed by atoms with van der Waals surface area (Å²) in [5.74, 6) is -0.454. The molecule has 0 bridgehead atoms. The number of hydrogen-bond acceptors (Lipinski definition) is 4. The largest absolute Gasteiger partial charge is 0.319 e. The number of anilines is 3. The molecule has 0 fully saturated rings. The van der Waals surface area contributed by atoms with Gasteiger partial charge in [0.2, 0.25) is 5.95 Å². The zero-order valence-corrected chi connectivity index (χ0v) is 13.7. The molecule has 25 heavy (non-hydrogen) atoms. The van der Waals surface area contributed by atoms with Gasteiger partial charge in [0, 0.05) is 24.6 Å². The van der Waals surface area contributed by atoms with Crippen molar-refractivity contribution in [3.05, 3.63) is 78.4 Å². The number of carbonyl (C=O) groups excluding carboxylic acids is 1. The smallest absolute Gasteiger partial charge is 0.258 e. The van der Waals surface area contributed by atoms with Crippen LogP contribution in [-0.4, -0.2) is 22.4 Å². The molecule has 0 aliphatic carbocycles. The first-order valence-electron chi connectivity index (χ1n) is 7.89. The molecular formula is C19H17FN4O. The Hall–Kier alpha value is -3.28. The first-order valence-corrected chi connectivity index (χ1v) is 7.89. The lowest BCUT2D eigenvalue weighted by atomic mass is 10.2. The number of para-hydroxylation sites is 2. The number of benzene rings is 2. The number of halogens is 1. The van der Waals surface area contributed by atoms with E-state index in [1.54, 1.807) is 12.1 Å². The minimum Gasteiger partial charge on any atom is -0.319 e. The van der Waals surface area contributed by atoms with Gasteiger partial charge in [-0.15, -0.1) is 0 Å². The number of hydrogen-bond donors (Lipinski definition) is 1. The van der Waals surface area contributed by atoms with Crippen molar-refractivity contribution in [1.29, 1.82) is 0 Å². The van der Waals surface area contributed by atoms with Gasteiger partial charge in [-0.2, -0.15) is 0 Å². The summed E-state index contributed by atoms with van der Waals surface area (Å²) >= 11 is 0. The Labute approximate surface area is 145 Å². The Balaban J connectivity index is 1.77. The van der Waals surface area contributed by atoms with Crippen LogP contribution in [0.5, 0.6) is 0 Å². The Kier molecular flexibility index (Phi) is 4.99. The third-order valence-corrected chi connectivity index (χ3v) is 3.65. The monoisotopic (exact) mass is 336 g/mol. The number of nitrogens with one attached hydrogen (secondary N) is 1. The third-order valence-electron chi connectivity index (χ3n) is 3.65. The number of carbonyl (C=O) groups is 1. The molecule has 0 unspecified atom stereocenters. The molecule has 1 N–H and O–H groups in total. The number of nitrogens with zero attached hydrogens (tertiary/aromatic N) is 3. The fourth-order valence-corrected chi connectivity index (χ4v) is 2.38. The van der Waals surface area contributed by atoms with Gasteiger partial charge in [-0.05, 0) is 31.2 Å². The van der Waals surface area contributed by atoms with Gasteiger partial charge in [0.25, 0.3) is 5.91 Å². The highest BCUT2D eigenvalue weighted by Crippen LogP contribution is 2.21. The summed E-state index contributed by atoms with van der Waals surface area (Å²) in [5, 5.41) is 2.51. The number of amides is 1. The molecule has 126 valence electrons. The molecule has 1 amide bonds. The predicted molar refractivity (Wildman–Crippen MR) is 95.5 cm³/mol. The van der Waals surface area contributed by atoms with Crippen molar-refractivity contribution >= 4 is 23.2 Å². The molecule has 1 aromatic heterocycles. The fourth-order valence-electron chi connectivity index (χ4n) is 2.38. The quantitative estimate of drug-likeness (QED) is 0.764. The van der Waals surface area contributed by atoms with Crippen molar-refractivity contribution in [3.63, 3.8) is 0 Å². The predicted octanol–water partition coefficient (Wildman–Crippen LogP) is 4.03. The molecule has 0 aliphatic heterocycles.